The van der Waals surface area contributed by atoms with Crippen LogP contribution in [0, 0.1) is 5.41 Å². The second-order valence-corrected chi connectivity index (χ2v) is 5.84. The van der Waals surface area contributed by atoms with Crippen LogP contribution in [0.15, 0.2) is 17.5 Å². The first-order valence-electron chi connectivity index (χ1n) is 6.76. The second-order valence-electron chi connectivity index (χ2n) is 4.86. The van der Waals surface area contributed by atoms with Gasteiger partial charge in [-0.2, -0.15) is 0 Å². The maximum Gasteiger partial charge on any atom is 0.315 e. The predicted octanol–water partition coefficient (Wildman–Crippen LogP) is 3.00. The molecule has 3 N–H and O–H groups in total. The highest BCUT2D eigenvalue weighted by atomic mass is 32.1. The molecule has 0 radical (unpaired) electrons. The van der Waals surface area contributed by atoms with E-state index in [-0.39, 0.29) is 18.6 Å². The smallest absolute Gasteiger partial charge is 0.315 e. The van der Waals surface area contributed by atoms with Gasteiger partial charge in [-0.3, -0.25) is 4.79 Å². The first-order chi connectivity index (χ1) is 9.45. The molecule has 20 heavy (non-hydrogen) atoms. The van der Waals surface area contributed by atoms with E-state index in [0.29, 0.717) is 12.8 Å². The van der Waals surface area contributed by atoms with Crippen LogP contribution in [-0.4, -0.2) is 23.7 Å². The zero-order valence-corrected chi connectivity index (χ0v) is 12.9. The molecule has 1 aromatic heterocycles. The number of rotatable bonds is 7. The Balaban J connectivity index is 2.52. The molecule has 0 aliphatic heterocycles. The minimum Gasteiger partial charge on any atom is -0.481 e. The summed E-state index contributed by atoms with van der Waals surface area (Å²) in [6.07, 6.45) is 0.971. The number of hydrogen-bond donors (Lipinski definition) is 3. The van der Waals surface area contributed by atoms with Gasteiger partial charge in [-0.25, -0.2) is 4.79 Å². The molecule has 0 bridgehead atoms. The van der Waals surface area contributed by atoms with Crippen molar-refractivity contribution in [1.82, 2.24) is 10.6 Å². The maximum atomic E-state index is 11.8. The third-order valence-electron chi connectivity index (χ3n) is 3.71. The molecule has 1 aromatic rings. The lowest BCUT2D eigenvalue weighted by Crippen LogP contribution is -2.46. The zero-order valence-electron chi connectivity index (χ0n) is 12.1. The standard InChI is InChI=1S/C14H22N2O3S/c1-4-14(5-2,12(17)18)9-15-13(19)16-10(3)11-7-6-8-20-11/h6-8,10H,4-5,9H2,1-3H3,(H,17,18)(H2,15,16,19). The van der Waals surface area contributed by atoms with E-state index in [1.54, 1.807) is 11.3 Å². The lowest BCUT2D eigenvalue weighted by atomic mass is 9.82. The summed E-state index contributed by atoms with van der Waals surface area (Å²) in [5.41, 5.74) is -0.885. The summed E-state index contributed by atoms with van der Waals surface area (Å²) in [5, 5.41) is 16.7. The largest absolute Gasteiger partial charge is 0.481 e. The molecular weight excluding hydrogens is 276 g/mol. The zero-order chi connectivity index (χ0) is 15.2. The predicted molar refractivity (Wildman–Crippen MR) is 79.9 cm³/mol. The molecule has 1 atom stereocenters. The van der Waals surface area contributed by atoms with Gasteiger partial charge >= 0.3 is 12.0 Å². The Morgan fingerprint density at radius 3 is 2.50 bits per heavy atom. The number of hydrogen-bond acceptors (Lipinski definition) is 3. The summed E-state index contributed by atoms with van der Waals surface area (Å²) in [6.45, 7) is 5.69. The minimum atomic E-state index is -0.885. The van der Waals surface area contributed by atoms with Crippen LogP contribution in [-0.2, 0) is 4.79 Å². The topological polar surface area (TPSA) is 78.4 Å². The number of urea groups is 1. The Morgan fingerprint density at radius 2 is 2.05 bits per heavy atom. The lowest BCUT2D eigenvalue weighted by molar-refractivity contribution is -0.149. The summed E-state index contributed by atoms with van der Waals surface area (Å²) < 4.78 is 0. The van der Waals surface area contributed by atoms with Crippen LogP contribution in [0.2, 0.25) is 0 Å². The summed E-state index contributed by atoms with van der Waals surface area (Å²) in [4.78, 5) is 24.2. The van der Waals surface area contributed by atoms with E-state index in [1.165, 1.54) is 0 Å². The second kappa shape index (κ2) is 7.28. The fourth-order valence-electron chi connectivity index (χ4n) is 1.98. The summed E-state index contributed by atoms with van der Waals surface area (Å²) in [6, 6.07) is 3.46. The Bertz CT molecular complexity index is 441. The Hall–Kier alpha value is -1.56. The van der Waals surface area contributed by atoms with Crippen LogP contribution < -0.4 is 10.6 Å². The van der Waals surface area contributed by atoms with Crippen molar-refractivity contribution in [1.29, 1.82) is 0 Å². The van der Waals surface area contributed by atoms with E-state index in [4.69, 9.17) is 0 Å². The number of thiophene rings is 1. The SMILES string of the molecule is CCC(CC)(CNC(=O)NC(C)c1cccs1)C(=O)O. The Morgan fingerprint density at radius 1 is 1.40 bits per heavy atom. The molecule has 1 unspecified atom stereocenters. The summed E-state index contributed by atoms with van der Waals surface area (Å²) in [5.74, 6) is -0.867. The van der Waals surface area contributed by atoms with Gasteiger partial charge in [0.15, 0.2) is 0 Å². The summed E-state index contributed by atoms with van der Waals surface area (Å²) >= 11 is 1.57. The third kappa shape index (κ3) is 3.96. The molecule has 1 heterocycles. The van der Waals surface area contributed by atoms with Crippen LogP contribution in [0.1, 0.15) is 44.5 Å². The molecule has 0 saturated heterocycles. The molecular formula is C14H22N2O3S. The van der Waals surface area contributed by atoms with Gasteiger partial charge in [0.1, 0.15) is 0 Å². The molecule has 1 rings (SSSR count). The summed E-state index contributed by atoms with van der Waals surface area (Å²) in [7, 11) is 0. The highest BCUT2D eigenvalue weighted by molar-refractivity contribution is 7.10. The van der Waals surface area contributed by atoms with Crippen molar-refractivity contribution in [2.24, 2.45) is 5.41 Å². The van der Waals surface area contributed by atoms with Crippen molar-refractivity contribution in [2.75, 3.05) is 6.54 Å². The van der Waals surface area contributed by atoms with Gasteiger partial charge in [0.25, 0.3) is 0 Å². The molecule has 0 saturated carbocycles. The van der Waals surface area contributed by atoms with Gasteiger partial charge in [-0.05, 0) is 31.2 Å². The number of carbonyl (C=O) groups excluding carboxylic acids is 1. The quantitative estimate of drug-likeness (QED) is 0.724. The fraction of sp³-hybridized carbons (Fsp3) is 0.571. The van der Waals surface area contributed by atoms with Crippen LogP contribution in [0.4, 0.5) is 4.79 Å². The van der Waals surface area contributed by atoms with Gasteiger partial charge < -0.3 is 15.7 Å². The molecule has 112 valence electrons. The monoisotopic (exact) mass is 298 g/mol. The highest BCUT2D eigenvalue weighted by Crippen LogP contribution is 2.25. The lowest BCUT2D eigenvalue weighted by Gasteiger charge is -2.27. The average Bonchev–Trinajstić information content (AvgIpc) is 2.94. The molecule has 6 heteroatoms. The Labute approximate surface area is 123 Å². The van der Waals surface area contributed by atoms with E-state index in [0.717, 1.165) is 4.88 Å². The van der Waals surface area contributed by atoms with Gasteiger partial charge in [0.05, 0.1) is 11.5 Å². The highest BCUT2D eigenvalue weighted by Gasteiger charge is 2.35. The van der Waals surface area contributed by atoms with Crippen molar-refractivity contribution in [3.05, 3.63) is 22.4 Å². The fourth-order valence-corrected chi connectivity index (χ4v) is 2.72. The first-order valence-corrected chi connectivity index (χ1v) is 7.64. The number of aliphatic carboxylic acids is 1. The van der Waals surface area contributed by atoms with Crippen molar-refractivity contribution < 1.29 is 14.7 Å². The van der Waals surface area contributed by atoms with Crippen LogP contribution in [0.25, 0.3) is 0 Å². The van der Waals surface area contributed by atoms with E-state index in [9.17, 15) is 14.7 Å². The van der Waals surface area contributed by atoms with Crippen molar-refractivity contribution in [2.45, 2.75) is 39.7 Å². The number of nitrogens with one attached hydrogen (secondary N) is 2. The van der Waals surface area contributed by atoms with Crippen LogP contribution in [0.3, 0.4) is 0 Å². The normalized spacial score (nSPS) is 12.8. The average molecular weight is 298 g/mol. The molecule has 0 fully saturated rings. The number of carboxylic acids is 1. The van der Waals surface area contributed by atoms with Gasteiger partial charge in [0.2, 0.25) is 0 Å². The molecule has 5 nitrogen and oxygen atoms in total. The Kier molecular flexibility index (Phi) is 6.01. The molecule has 0 aliphatic rings. The molecule has 0 aliphatic carbocycles. The maximum absolute atomic E-state index is 11.8. The number of carbonyl (C=O) groups is 2. The van der Waals surface area contributed by atoms with E-state index >= 15 is 0 Å². The molecule has 0 aromatic carbocycles. The van der Waals surface area contributed by atoms with Crippen LogP contribution in [0.5, 0.6) is 0 Å². The van der Waals surface area contributed by atoms with Gasteiger partial charge in [-0.15, -0.1) is 11.3 Å². The van der Waals surface area contributed by atoms with E-state index < -0.39 is 11.4 Å². The van der Waals surface area contributed by atoms with Crippen molar-refractivity contribution in [3.8, 4) is 0 Å². The van der Waals surface area contributed by atoms with Crippen molar-refractivity contribution in [3.63, 3.8) is 0 Å². The van der Waals surface area contributed by atoms with Gasteiger partial charge in [-0.1, -0.05) is 19.9 Å². The van der Waals surface area contributed by atoms with Crippen LogP contribution >= 0.6 is 11.3 Å². The number of amides is 2. The van der Waals surface area contributed by atoms with E-state index in [2.05, 4.69) is 10.6 Å². The minimum absolute atomic E-state index is 0.0857. The number of carboxylic acid groups (broad SMARTS) is 1. The van der Waals surface area contributed by atoms with Gasteiger partial charge in [0, 0.05) is 11.4 Å². The van der Waals surface area contributed by atoms with E-state index in [1.807, 2.05) is 38.3 Å². The first kappa shape index (κ1) is 16.5. The molecule has 2 amide bonds. The molecule has 0 spiro atoms. The van der Waals surface area contributed by atoms with Crippen molar-refractivity contribution >= 4 is 23.3 Å². The third-order valence-corrected chi connectivity index (χ3v) is 4.77.